The smallest absolute Gasteiger partial charge is 0.195 e. The Hall–Kier alpha value is -1.07. The van der Waals surface area contributed by atoms with Crippen LogP contribution in [0, 0.1) is 0 Å². The lowest BCUT2D eigenvalue weighted by atomic mass is 10.0. The summed E-state index contributed by atoms with van der Waals surface area (Å²) in [5.74, 6) is 1.23. The number of halogens is 2. The van der Waals surface area contributed by atoms with Crippen LogP contribution in [0.1, 0.15) is 43.3 Å². The van der Waals surface area contributed by atoms with E-state index in [1.54, 1.807) is 18.2 Å². The molecule has 110 valence electrons. The van der Waals surface area contributed by atoms with Gasteiger partial charge in [-0.05, 0) is 31.9 Å². The van der Waals surface area contributed by atoms with E-state index in [0.717, 1.165) is 24.2 Å². The highest BCUT2D eigenvalue weighted by Crippen LogP contribution is 2.50. The van der Waals surface area contributed by atoms with Gasteiger partial charge < -0.3 is 14.0 Å². The molecule has 2 heterocycles. The van der Waals surface area contributed by atoms with Crippen LogP contribution >= 0.6 is 23.2 Å². The summed E-state index contributed by atoms with van der Waals surface area (Å²) < 4.78 is 16.8. The molecule has 0 unspecified atom stereocenters. The van der Waals surface area contributed by atoms with Gasteiger partial charge in [-0.15, -0.1) is 0 Å². The molecule has 0 radical (unpaired) electrons. The van der Waals surface area contributed by atoms with Gasteiger partial charge in [0.2, 0.25) is 0 Å². The number of ether oxygens (including phenoxy) is 2. The molecule has 21 heavy (non-hydrogen) atoms. The Morgan fingerprint density at radius 1 is 1.14 bits per heavy atom. The predicted octanol–water partition coefficient (Wildman–Crippen LogP) is 4.92. The van der Waals surface area contributed by atoms with Crippen LogP contribution in [0.4, 0.5) is 0 Å². The van der Waals surface area contributed by atoms with E-state index in [4.69, 9.17) is 37.2 Å². The van der Waals surface area contributed by atoms with Crippen LogP contribution in [0.15, 0.2) is 22.7 Å². The Labute approximate surface area is 131 Å². The molecule has 1 saturated heterocycles. The lowest BCUT2D eigenvalue weighted by Gasteiger charge is -2.33. The summed E-state index contributed by atoms with van der Waals surface area (Å²) in [6.45, 7) is 1.85. The van der Waals surface area contributed by atoms with Crippen molar-refractivity contribution in [2.24, 2.45) is 0 Å². The molecule has 4 rings (SSSR count). The molecule has 2 aliphatic rings. The molecule has 4 nitrogen and oxygen atoms in total. The molecule has 0 spiro atoms. The monoisotopic (exact) mass is 325 g/mol. The average Bonchev–Trinajstić information content (AvgIpc) is 3.17. The van der Waals surface area contributed by atoms with Gasteiger partial charge >= 0.3 is 0 Å². The molecule has 2 fully saturated rings. The van der Waals surface area contributed by atoms with Crippen LogP contribution in [0.5, 0.6) is 0 Å². The molecule has 1 aliphatic heterocycles. The highest BCUT2D eigenvalue weighted by Gasteiger charge is 2.41. The lowest BCUT2D eigenvalue weighted by Crippen LogP contribution is -2.32. The van der Waals surface area contributed by atoms with Crippen molar-refractivity contribution >= 4 is 23.2 Å². The summed E-state index contributed by atoms with van der Waals surface area (Å²) in [7, 11) is 0. The van der Waals surface area contributed by atoms with Gasteiger partial charge in [0, 0.05) is 11.5 Å². The topological polar surface area (TPSA) is 44.5 Å². The van der Waals surface area contributed by atoms with Crippen LogP contribution < -0.4 is 0 Å². The van der Waals surface area contributed by atoms with Crippen LogP contribution in [0.2, 0.25) is 10.0 Å². The van der Waals surface area contributed by atoms with Crippen LogP contribution in [0.3, 0.4) is 0 Å². The standard InChI is InChI=1S/C15H13Cl2NO3/c1-7-19-15(20-7)12-13(18-21-14(12)8-5-6-8)11-9(16)3-2-4-10(11)17/h2-4,7-8,15H,5-6H2,1H3. The predicted molar refractivity (Wildman–Crippen MR) is 78.3 cm³/mol. The summed E-state index contributed by atoms with van der Waals surface area (Å²) in [4.78, 5) is 0. The molecular weight excluding hydrogens is 313 g/mol. The van der Waals surface area contributed by atoms with Gasteiger partial charge in [-0.25, -0.2) is 0 Å². The maximum Gasteiger partial charge on any atom is 0.195 e. The van der Waals surface area contributed by atoms with Gasteiger partial charge in [-0.3, -0.25) is 0 Å². The third-order valence-electron chi connectivity index (χ3n) is 3.77. The molecular formula is C15H13Cl2NO3. The van der Waals surface area contributed by atoms with E-state index in [9.17, 15) is 0 Å². The number of benzene rings is 1. The fourth-order valence-corrected chi connectivity index (χ4v) is 3.15. The van der Waals surface area contributed by atoms with Crippen LogP contribution in [-0.2, 0) is 9.47 Å². The lowest BCUT2D eigenvalue weighted by molar-refractivity contribution is -0.382. The zero-order valence-electron chi connectivity index (χ0n) is 11.3. The Bertz CT molecular complexity index is 670. The Kier molecular flexibility index (Phi) is 3.23. The van der Waals surface area contributed by atoms with Crippen LogP contribution in [-0.4, -0.2) is 11.4 Å². The first kappa shape index (κ1) is 13.6. The molecule has 0 amide bonds. The summed E-state index contributed by atoms with van der Waals surface area (Å²) in [6, 6.07) is 5.36. The summed E-state index contributed by atoms with van der Waals surface area (Å²) in [5.41, 5.74) is 2.10. The first-order chi connectivity index (χ1) is 10.1. The van der Waals surface area contributed by atoms with E-state index < -0.39 is 6.29 Å². The Balaban J connectivity index is 1.85. The highest BCUT2D eigenvalue weighted by molar-refractivity contribution is 6.39. The fourth-order valence-electron chi connectivity index (χ4n) is 2.58. The van der Waals surface area contributed by atoms with Crippen molar-refractivity contribution < 1.29 is 14.0 Å². The van der Waals surface area contributed by atoms with Crippen molar-refractivity contribution in [1.82, 2.24) is 5.16 Å². The van der Waals surface area contributed by atoms with Crippen molar-refractivity contribution in [3.8, 4) is 11.3 Å². The molecule has 6 heteroatoms. The quantitative estimate of drug-likeness (QED) is 0.803. The Morgan fingerprint density at radius 2 is 1.81 bits per heavy atom. The maximum atomic E-state index is 6.29. The van der Waals surface area contributed by atoms with E-state index in [1.807, 2.05) is 6.92 Å². The first-order valence-corrected chi connectivity index (χ1v) is 7.65. The van der Waals surface area contributed by atoms with Gasteiger partial charge in [0.25, 0.3) is 0 Å². The van der Waals surface area contributed by atoms with E-state index in [0.29, 0.717) is 27.2 Å². The summed E-state index contributed by atoms with van der Waals surface area (Å²) >= 11 is 12.6. The largest absolute Gasteiger partial charge is 0.360 e. The van der Waals surface area contributed by atoms with Crippen LogP contribution in [0.25, 0.3) is 11.3 Å². The van der Waals surface area contributed by atoms with Crippen molar-refractivity contribution in [3.63, 3.8) is 0 Å². The minimum atomic E-state index is -0.454. The van der Waals surface area contributed by atoms with E-state index in [2.05, 4.69) is 5.16 Å². The number of hydrogen-bond donors (Lipinski definition) is 0. The molecule has 1 aliphatic carbocycles. The highest BCUT2D eigenvalue weighted by atomic mass is 35.5. The summed E-state index contributed by atoms with van der Waals surface area (Å²) in [5, 5.41) is 5.26. The SMILES string of the molecule is CC1OC(c2c(-c3c(Cl)cccc3Cl)noc2C2CC2)O1. The van der Waals surface area contributed by atoms with Gasteiger partial charge in [0.05, 0.1) is 15.6 Å². The third kappa shape index (κ3) is 2.27. The van der Waals surface area contributed by atoms with E-state index in [1.165, 1.54) is 0 Å². The van der Waals surface area contributed by atoms with Crippen molar-refractivity contribution in [1.29, 1.82) is 0 Å². The molecule has 0 bridgehead atoms. The molecule has 2 aromatic rings. The average molecular weight is 326 g/mol. The number of nitrogens with zero attached hydrogens (tertiary/aromatic N) is 1. The normalized spacial score (nSPS) is 24.9. The van der Waals surface area contributed by atoms with Crippen molar-refractivity contribution in [2.75, 3.05) is 0 Å². The molecule has 0 N–H and O–H groups in total. The minimum Gasteiger partial charge on any atom is -0.360 e. The fraction of sp³-hybridized carbons (Fsp3) is 0.400. The van der Waals surface area contributed by atoms with Gasteiger partial charge in [-0.2, -0.15) is 0 Å². The number of hydrogen-bond acceptors (Lipinski definition) is 4. The minimum absolute atomic E-state index is 0.216. The second kappa shape index (κ2) is 4.99. The number of rotatable bonds is 3. The zero-order valence-corrected chi connectivity index (χ0v) is 12.8. The second-order valence-electron chi connectivity index (χ2n) is 5.35. The molecule has 0 atom stereocenters. The van der Waals surface area contributed by atoms with E-state index in [-0.39, 0.29) is 6.29 Å². The molecule has 1 aromatic carbocycles. The Morgan fingerprint density at radius 3 is 2.38 bits per heavy atom. The van der Waals surface area contributed by atoms with Crippen molar-refractivity contribution in [3.05, 3.63) is 39.6 Å². The first-order valence-electron chi connectivity index (χ1n) is 6.90. The maximum absolute atomic E-state index is 6.29. The zero-order chi connectivity index (χ0) is 14.6. The second-order valence-corrected chi connectivity index (χ2v) is 6.17. The van der Waals surface area contributed by atoms with Gasteiger partial charge in [0.15, 0.2) is 12.6 Å². The molecule has 1 aromatic heterocycles. The molecule has 1 saturated carbocycles. The third-order valence-corrected chi connectivity index (χ3v) is 4.40. The van der Waals surface area contributed by atoms with Gasteiger partial charge in [-0.1, -0.05) is 34.4 Å². The van der Waals surface area contributed by atoms with Gasteiger partial charge in [0.1, 0.15) is 11.5 Å². The van der Waals surface area contributed by atoms with E-state index >= 15 is 0 Å². The van der Waals surface area contributed by atoms with Crippen molar-refractivity contribution in [2.45, 2.75) is 38.3 Å². The summed E-state index contributed by atoms with van der Waals surface area (Å²) in [6.07, 6.45) is 1.52. The number of aromatic nitrogens is 1.